The van der Waals surface area contributed by atoms with E-state index in [1.54, 1.807) is 0 Å². The van der Waals surface area contributed by atoms with Gasteiger partial charge in [-0.3, -0.25) is 9.59 Å². The standard InChI is InChI=1S/C22H19NO5S/c24-21(23-17-6-5-15-3-1-2-4-16(15)11-17)13-28-22(25)14-29-18-7-8-19-20(12-18)27-10-9-26-19/h1-8,11-12H,9-10,13-14H2,(H,23,24). The molecule has 1 amide bonds. The van der Waals surface area contributed by atoms with Crippen LogP contribution < -0.4 is 14.8 Å². The van der Waals surface area contributed by atoms with Crippen molar-refractivity contribution in [1.29, 1.82) is 0 Å². The Morgan fingerprint density at radius 2 is 1.72 bits per heavy atom. The van der Waals surface area contributed by atoms with Gasteiger partial charge in [-0.2, -0.15) is 0 Å². The van der Waals surface area contributed by atoms with Crippen LogP contribution in [0.5, 0.6) is 11.5 Å². The quantitative estimate of drug-likeness (QED) is 0.492. The molecule has 1 N–H and O–H groups in total. The van der Waals surface area contributed by atoms with Crippen LogP contribution in [0.3, 0.4) is 0 Å². The summed E-state index contributed by atoms with van der Waals surface area (Å²) in [5, 5.41) is 4.86. The van der Waals surface area contributed by atoms with Crippen LogP contribution in [0.25, 0.3) is 10.8 Å². The molecule has 0 unspecified atom stereocenters. The van der Waals surface area contributed by atoms with Gasteiger partial charge in [-0.1, -0.05) is 30.3 Å². The minimum absolute atomic E-state index is 0.100. The number of hydrogen-bond donors (Lipinski definition) is 1. The van der Waals surface area contributed by atoms with Crippen LogP contribution in [0.1, 0.15) is 0 Å². The molecule has 0 aliphatic carbocycles. The molecule has 148 valence electrons. The lowest BCUT2D eigenvalue weighted by molar-refractivity contribution is -0.144. The molecule has 7 heteroatoms. The van der Waals surface area contributed by atoms with Crippen LogP contribution in [-0.4, -0.2) is 37.4 Å². The Hall–Kier alpha value is -3.19. The maximum absolute atomic E-state index is 12.1. The van der Waals surface area contributed by atoms with Crippen LogP contribution in [0, 0.1) is 0 Å². The molecule has 6 nitrogen and oxygen atoms in total. The first-order valence-electron chi connectivity index (χ1n) is 9.14. The third-order valence-electron chi connectivity index (χ3n) is 4.27. The SMILES string of the molecule is O=C(COC(=O)CSc1ccc2c(c1)OCCO2)Nc1ccc2ccccc2c1. The summed E-state index contributed by atoms with van der Waals surface area (Å²) in [6.07, 6.45) is 0. The Labute approximate surface area is 172 Å². The zero-order chi connectivity index (χ0) is 20.1. The number of rotatable bonds is 6. The smallest absolute Gasteiger partial charge is 0.316 e. The van der Waals surface area contributed by atoms with Gasteiger partial charge in [0.25, 0.3) is 5.91 Å². The number of thioether (sulfide) groups is 1. The van der Waals surface area contributed by atoms with Crippen molar-refractivity contribution in [3.63, 3.8) is 0 Å². The van der Waals surface area contributed by atoms with Crippen LogP contribution in [-0.2, 0) is 14.3 Å². The van der Waals surface area contributed by atoms with Crippen LogP contribution in [0.15, 0.2) is 65.6 Å². The lowest BCUT2D eigenvalue weighted by atomic mass is 10.1. The number of carbonyl (C=O) groups excluding carboxylic acids is 2. The van der Waals surface area contributed by atoms with E-state index in [1.165, 1.54) is 11.8 Å². The molecular formula is C22H19NO5S. The second-order valence-electron chi connectivity index (χ2n) is 6.36. The van der Waals surface area contributed by atoms with Gasteiger partial charge in [0.1, 0.15) is 13.2 Å². The van der Waals surface area contributed by atoms with Crippen molar-refractivity contribution in [3.8, 4) is 11.5 Å². The van der Waals surface area contributed by atoms with E-state index in [9.17, 15) is 9.59 Å². The number of benzene rings is 3. The molecule has 3 aromatic carbocycles. The molecule has 0 saturated carbocycles. The first kappa shape index (κ1) is 19.1. The number of esters is 1. The Morgan fingerprint density at radius 1 is 0.931 bits per heavy atom. The molecular weight excluding hydrogens is 390 g/mol. The van der Waals surface area contributed by atoms with E-state index < -0.39 is 5.97 Å². The molecule has 0 fully saturated rings. The Kier molecular flexibility index (Phi) is 5.86. The summed E-state index contributed by atoms with van der Waals surface area (Å²) in [5.74, 6) is 0.637. The maximum atomic E-state index is 12.1. The van der Waals surface area contributed by atoms with E-state index in [1.807, 2.05) is 60.7 Å². The monoisotopic (exact) mass is 409 g/mol. The van der Waals surface area contributed by atoms with Gasteiger partial charge >= 0.3 is 5.97 Å². The summed E-state index contributed by atoms with van der Waals surface area (Å²) in [7, 11) is 0. The lowest BCUT2D eigenvalue weighted by Gasteiger charge is -2.18. The molecule has 0 spiro atoms. The maximum Gasteiger partial charge on any atom is 0.316 e. The molecule has 0 bridgehead atoms. The molecule has 1 heterocycles. The zero-order valence-electron chi connectivity index (χ0n) is 15.6. The van der Waals surface area contributed by atoms with Gasteiger partial charge in [0.2, 0.25) is 0 Å². The van der Waals surface area contributed by atoms with E-state index >= 15 is 0 Å². The van der Waals surface area contributed by atoms with E-state index in [-0.39, 0.29) is 18.3 Å². The van der Waals surface area contributed by atoms with Gasteiger partial charge < -0.3 is 19.5 Å². The van der Waals surface area contributed by atoms with E-state index in [2.05, 4.69) is 5.32 Å². The second kappa shape index (κ2) is 8.87. The summed E-state index contributed by atoms with van der Waals surface area (Å²) in [6, 6.07) is 19.0. The fourth-order valence-corrected chi connectivity index (χ4v) is 3.63. The molecule has 1 aliphatic rings. The summed E-state index contributed by atoms with van der Waals surface area (Å²) >= 11 is 1.32. The topological polar surface area (TPSA) is 73.9 Å². The number of ether oxygens (including phenoxy) is 3. The highest BCUT2D eigenvalue weighted by Crippen LogP contribution is 2.34. The van der Waals surface area contributed by atoms with Gasteiger partial charge in [-0.15, -0.1) is 11.8 Å². The van der Waals surface area contributed by atoms with Crippen LogP contribution in [0.2, 0.25) is 0 Å². The predicted molar refractivity (Wildman–Crippen MR) is 112 cm³/mol. The predicted octanol–water partition coefficient (Wildman–Crippen LogP) is 3.89. The summed E-state index contributed by atoms with van der Waals surface area (Å²) in [4.78, 5) is 24.9. The Morgan fingerprint density at radius 3 is 2.59 bits per heavy atom. The Bertz CT molecular complexity index is 1050. The zero-order valence-corrected chi connectivity index (χ0v) is 16.4. The first-order valence-corrected chi connectivity index (χ1v) is 10.1. The number of hydrogen-bond acceptors (Lipinski definition) is 6. The summed E-state index contributed by atoms with van der Waals surface area (Å²) in [6.45, 7) is 0.718. The second-order valence-corrected chi connectivity index (χ2v) is 7.41. The number of carbonyl (C=O) groups is 2. The largest absolute Gasteiger partial charge is 0.486 e. The number of nitrogens with one attached hydrogen (secondary N) is 1. The first-order chi connectivity index (χ1) is 14.2. The molecule has 29 heavy (non-hydrogen) atoms. The number of fused-ring (bicyclic) bond motifs is 2. The minimum atomic E-state index is -0.460. The van der Waals surface area contributed by atoms with E-state index in [0.29, 0.717) is 30.4 Å². The average molecular weight is 409 g/mol. The van der Waals surface area contributed by atoms with E-state index in [4.69, 9.17) is 14.2 Å². The van der Waals surface area contributed by atoms with Crippen molar-refractivity contribution in [3.05, 3.63) is 60.7 Å². The third kappa shape index (κ3) is 5.00. The van der Waals surface area contributed by atoms with Gasteiger partial charge in [0.05, 0.1) is 5.75 Å². The fraction of sp³-hybridized carbons (Fsp3) is 0.182. The number of amides is 1. The summed E-state index contributed by atoms with van der Waals surface area (Å²) in [5.41, 5.74) is 0.662. The van der Waals surface area contributed by atoms with Gasteiger partial charge in [-0.05, 0) is 41.1 Å². The van der Waals surface area contributed by atoms with Crippen LogP contribution in [0.4, 0.5) is 5.69 Å². The van der Waals surface area contributed by atoms with Crippen molar-refractivity contribution in [2.75, 3.05) is 30.9 Å². The third-order valence-corrected chi connectivity index (χ3v) is 5.24. The number of anilines is 1. The molecule has 0 radical (unpaired) electrons. The minimum Gasteiger partial charge on any atom is -0.486 e. The molecule has 4 rings (SSSR count). The Balaban J connectivity index is 1.24. The molecule has 3 aromatic rings. The van der Waals surface area contributed by atoms with Crippen molar-refractivity contribution in [1.82, 2.24) is 0 Å². The van der Waals surface area contributed by atoms with Crippen LogP contribution >= 0.6 is 11.8 Å². The van der Waals surface area contributed by atoms with Crippen molar-refractivity contribution >= 4 is 40.1 Å². The highest BCUT2D eigenvalue weighted by Gasteiger charge is 2.13. The summed E-state index contributed by atoms with van der Waals surface area (Å²) < 4.78 is 16.1. The van der Waals surface area contributed by atoms with Crippen molar-refractivity contribution < 1.29 is 23.8 Å². The molecule has 0 aromatic heterocycles. The van der Waals surface area contributed by atoms with Crippen molar-refractivity contribution in [2.24, 2.45) is 0 Å². The normalized spacial score (nSPS) is 12.4. The van der Waals surface area contributed by atoms with Gasteiger partial charge in [0.15, 0.2) is 18.1 Å². The van der Waals surface area contributed by atoms with Gasteiger partial charge in [-0.25, -0.2) is 0 Å². The average Bonchev–Trinajstić information content (AvgIpc) is 2.76. The highest BCUT2D eigenvalue weighted by molar-refractivity contribution is 8.00. The fourth-order valence-electron chi connectivity index (χ4n) is 2.91. The molecule has 1 aliphatic heterocycles. The highest BCUT2D eigenvalue weighted by atomic mass is 32.2. The lowest BCUT2D eigenvalue weighted by Crippen LogP contribution is -2.21. The van der Waals surface area contributed by atoms with Crippen molar-refractivity contribution in [2.45, 2.75) is 4.90 Å². The molecule has 0 atom stereocenters. The van der Waals surface area contributed by atoms with E-state index in [0.717, 1.165) is 15.7 Å². The molecule has 0 saturated heterocycles. The van der Waals surface area contributed by atoms with Gasteiger partial charge in [0, 0.05) is 10.6 Å².